The Labute approximate surface area is 137 Å². The fourth-order valence-corrected chi connectivity index (χ4v) is 2.80. The second kappa shape index (κ2) is 6.24. The third-order valence-corrected chi connectivity index (χ3v) is 4.04. The van der Waals surface area contributed by atoms with Crippen molar-refractivity contribution in [1.29, 1.82) is 0 Å². The lowest BCUT2D eigenvalue weighted by Gasteiger charge is -2.43. The Bertz CT molecular complexity index is 648. The predicted molar refractivity (Wildman–Crippen MR) is 91.3 cm³/mol. The second-order valence-electron chi connectivity index (χ2n) is 7.06. The number of rotatable bonds is 4. The molecule has 1 aliphatic rings. The molecule has 1 fully saturated rings. The van der Waals surface area contributed by atoms with Crippen molar-refractivity contribution in [2.24, 2.45) is 0 Å². The van der Waals surface area contributed by atoms with Crippen LogP contribution in [-0.2, 0) is 4.74 Å². The van der Waals surface area contributed by atoms with Gasteiger partial charge in [0, 0.05) is 18.7 Å². The van der Waals surface area contributed by atoms with Crippen LogP contribution in [0.5, 0.6) is 0 Å². The molecule has 0 amide bonds. The van der Waals surface area contributed by atoms with Crippen LogP contribution in [0.2, 0.25) is 0 Å². The molecule has 0 saturated heterocycles. The van der Waals surface area contributed by atoms with Crippen molar-refractivity contribution >= 4 is 5.95 Å². The summed E-state index contributed by atoms with van der Waals surface area (Å²) in [4.78, 5) is 15.4. The molecule has 1 aromatic carbocycles. The van der Waals surface area contributed by atoms with Gasteiger partial charge in [-0.05, 0) is 33.6 Å². The van der Waals surface area contributed by atoms with Crippen molar-refractivity contribution in [3.63, 3.8) is 0 Å². The Morgan fingerprint density at radius 3 is 2.43 bits per heavy atom. The Hall–Kier alpha value is -2.01. The van der Waals surface area contributed by atoms with E-state index in [4.69, 9.17) is 4.74 Å². The van der Waals surface area contributed by atoms with Crippen molar-refractivity contribution in [2.75, 3.05) is 11.9 Å². The lowest BCUT2D eigenvalue weighted by Crippen LogP contribution is -2.49. The number of aromatic nitrogens is 3. The smallest absolute Gasteiger partial charge is 0.228 e. The molecule has 1 aliphatic carbocycles. The van der Waals surface area contributed by atoms with Crippen LogP contribution in [0.25, 0.3) is 11.4 Å². The second-order valence-corrected chi connectivity index (χ2v) is 7.06. The highest BCUT2D eigenvalue weighted by Gasteiger charge is 2.36. The number of ether oxygens (including phenoxy) is 1. The molecule has 0 atom stereocenters. The van der Waals surface area contributed by atoms with Crippen LogP contribution < -0.4 is 4.90 Å². The van der Waals surface area contributed by atoms with Gasteiger partial charge in [0.1, 0.15) is 6.33 Å². The van der Waals surface area contributed by atoms with Gasteiger partial charge in [-0.2, -0.15) is 4.98 Å². The summed E-state index contributed by atoms with van der Waals surface area (Å²) in [6.45, 7) is 6.30. The number of hydrogen-bond acceptors (Lipinski definition) is 5. The van der Waals surface area contributed by atoms with Gasteiger partial charge < -0.3 is 9.64 Å². The first-order valence-electron chi connectivity index (χ1n) is 8.07. The summed E-state index contributed by atoms with van der Waals surface area (Å²) in [5.74, 6) is 1.43. The van der Waals surface area contributed by atoms with Crippen molar-refractivity contribution in [3.8, 4) is 11.4 Å². The molecule has 1 aromatic heterocycles. The van der Waals surface area contributed by atoms with Gasteiger partial charge in [0.05, 0.1) is 11.7 Å². The van der Waals surface area contributed by atoms with Crippen LogP contribution in [0.3, 0.4) is 0 Å². The average Bonchev–Trinajstić information content (AvgIpc) is 2.50. The van der Waals surface area contributed by atoms with Gasteiger partial charge in [0.15, 0.2) is 5.82 Å². The molecule has 0 radical (unpaired) electrons. The standard InChI is InChI=1S/C18H24N4O/c1-18(2,3)23-15-10-14(11-15)22(4)17-20-12-19-16(21-17)13-8-6-5-7-9-13/h5-9,12,14-15H,10-11H2,1-4H3. The third-order valence-electron chi connectivity index (χ3n) is 4.04. The number of nitrogens with zero attached hydrogens (tertiary/aromatic N) is 4. The molecule has 0 N–H and O–H groups in total. The summed E-state index contributed by atoms with van der Waals surface area (Å²) >= 11 is 0. The van der Waals surface area contributed by atoms with Gasteiger partial charge in [-0.1, -0.05) is 30.3 Å². The molecule has 23 heavy (non-hydrogen) atoms. The minimum absolute atomic E-state index is 0.0815. The highest BCUT2D eigenvalue weighted by molar-refractivity contribution is 5.55. The zero-order valence-corrected chi connectivity index (χ0v) is 14.2. The maximum atomic E-state index is 6.00. The van der Waals surface area contributed by atoms with Crippen LogP contribution >= 0.6 is 0 Å². The first-order valence-corrected chi connectivity index (χ1v) is 8.07. The largest absolute Gasteiger partial charge is 0.372 e. The molecular formula is C18H24N4O. The van der Waals surface area contributed by atoms with Gasteiger partial charge in [-0.3, -0.25) is 0 Å². The number of benzene rings is 1. The van der Waals surface area contributed by atoms with Gasteiger partial charge >= 0.3 is 0 Å². The van der Waals surface area contributed by atoms with Gasteiger partial charge in [-0.25, -0.2) is 9.97 Å². The Morgan fingerprint density at radius 1 is 1.09 bits per heavy atom. The third kappa shape index (κ3) is 3.85. The van der Waals surface area contributed by atoms with Crippen LogP contribution in [0.1, 0.15) is 33.6 Å². The summed E-state index contributed by atoms with van der Waals surface area (Å²) in [6.07, 6.45) is 3.95. The lowest BCUT2D eigenvalue weighted by atomic mass is 9.87. The molecule has 5 heteroatoms. The van der Waals surface area contributed by atoms with Crippen LogP contribution in [0, 0.1) is 0 Å². The van der Waals surface area contributed by atoms with Gasteiger partial charge in [0.2, 0.25) is 5.95 Å². The first-order chi connectivity index (χ1) is 10.9. The lowest BCUT2D eigenvalue weighted by molar-refractivity contribution is -0.0982. The van der Waals surface area contributed by atoms with E-state index in [0.29, 0.717) is 18.0 Å². The molecular weight excluding hydrogens is 288 g/mol. The minimum Gasteiger partial charge on any atom is -0.372 e. The van der Waals surface area contributed by atoms with Crippen LogP contribution in [0.15, 0.2) is 36.7 Å². The Balaban J connectivity index is 1.66. The van der Waals surface area contributed by atoms with Crippen LogP contribution in [-0.4, -0.2) is 39.7 Å². The molecule has 1 heterocycles. The van der Waals surface area contributed by atoms with E-state index in [9.17, 15) is 0 Å². The summed E-state index contributed by atoms with van der Waals surface area (Å²) in [7, 11) is 2.04. The predicted octanol–water partition coefficient (Wildman–Crippen LogP) is 3.32. The van der Waals surface area contributed by atoms with Crippen molar-refractivity contribution in [3.05, 3.63) is 36.7 Å². The summed E-state index contributed by atoms with van der Waals surface area (Å²) in [5, 5.41) is 0. The summed E-state index contributed by atoms with van der Waals surface area (Å²) < 4.78 is 6.00. The van der Waals surface area contributed by atoms with Gasteiger partial charge in [0.25, 0.3) is 0 Å². The molecule has 0 unspecified atom stereocenters. The maximum Gasteiger partial charge on any atom is 0.228 e. The van der Waals surface area contributed by atoms with E-state index >= 15 is 0 Å². The fourth-order valence-electron chi connectivity index (χ4n) is 2.80. The van der Waals surface area contributed by atoms with E-state index in [2.05, 4.69) is 40.6 Å². The molecule has 3 rings (SSSR count). The normalized spacial score (nSPS) is 20.9. The summed E-state index contributed by atoms with van der Waals surface area (Å²) in [5.41, 5.74) is 0.925. The molecule has 2 aromatic rings. The monoisotopic (exact) mass is 312 g/mol. The molecule has 0 bridgehead atoms. The van der Waals surface area contributed by atoms with Crippen LogP contribution in [0.4, 0.5) is 5.95 Å². The zero-order chi connectivity index (χ0) is 16.4. The molecule has 5 nitrogen and oxygen atoms in total. The van der Waals surface area contributed by atoms with Crippen molar-refractivity contribution in [2.45, 2.75) is 51.4 Å². The van der Waals surface area contributed by atoms with Crippen molar-refractivity contribution in [1.82, 2.24) is 15.0 Å². The fraction of sp³-hybridized carbons (Fsp3) is 0.500. The topological polar surface area (TPSA) is 51.1 Å². The summed E-state index contributed by atoms with van der Waals surface area (Å²) in [6, 6.07) is 10.4. The minimum atomic E-state index is -0.0815. The Kier molecular flexibility index (Phi) is 4.31. The van der Waals surface area contributed by atoms with E-state index in [1.54, 1.807) is 6.33 Å². The van der Waals surface area contributed by atoms with E-state index in [1.807, 2.05) is 37.4 Å². The molecule has 1 saturated carbocycles. The van der Waals surface area contributed by atoms with E-state index < -0.39 is 0 Å². The SMILES string of the molecule is CN(c1ncnc(-c2ccccc2)n1)C1CC(OC(C)(C)C)C1. The highest BCUT2D eigenvalue weighted by atomic mass is 16.5. The number of anilines is 1. The molecule has 0 spiro atoms. The zero-order valence-electron chi connectivity index (χ0n) is 14.2. The average molecular weight is 312 g/mol. The first kappa shape index (κ1) is 15.9. The Morgan fingerprint density at radius 2 is 1.78 bits per heavy atom. The van der Waals surface area contributed by atoms with E-state index in [1.165, 1.54) is 0 Å². The quantitative estimate of drug-likeness (QED) is 0.867. The maximum absolute atomic E-state index is 6.00. The number of hydrogen-bond donors (Lipinski definition) is 0. The molecule has 0 aliphatic heterocycles. The van der Waals surface area contributed by atoms with Crippen molar-refractivity contribution < 1.29 is 4.74 Å². The van der Waals surface area contributed by atoms with E-state index in [0.717, 1.165) is 24.4 Å². The van der Waals surface area contributed by atoms with E-state index in [-0.39, 0.29) is 5.60 Å². The van der Waals surface area contributed by atoms with Gasteiger partial charge in [-0.15, -0.1) is 0 Å². The highest BCUT2D eigenvalue weighted by Crippen LogP contribution is 2.32. The molecule has 122 valence electrons.